The van der Waals surface area contributed by atoms with Crippen molar-refractivity contribution < 1.29 is 83.4 Å². The molecule has 1 unspecified atom stereocenters. The summed E-state index contributed by atoms with van der Waals surface area (Å²) in [5, 5.41) is 0. The van der Waals surface area contributed by atoms with Gasteiger partial charge in [-0.15, -0.1) is 0 Å². The molecule has 0 aliphatic heterocycles. The van der Waals surface area contributed by atoms with Crippen molar-refractivity contribution in [1.29, 1.82) is 0 Å². The van der Waals surface area contributed by atoms with E-state index < -0.39 is 72.8 Å². The van der Waals surface area contributed by atoms with E-state index in [1.54, 1.807) is 0 Å². The Morgan fingerprint density at radius 3 is 0.976 bits per heavy atom. The minimum Gasteiger partial charge on any atom is -0.200 e. The van der Waals surface area contributed by atoms with Gasteiger partial charge in [-0.2, -0.15) is 93.9 Å². The fourth-order valence-corrected chi connectivity index (χ4v) is 4.00. The SMILES string of the molecule is C=S(C)CCCCCCCCCCC(F)(F)C(F)(F)C(F)(F)C(F)(F)C(F)(F)C(F)(F)C(F)(F)C(F)(F)C(F)(F)F. The third kappa shape index (κ3) is 7.34. The van der Waals surface area contributed by atoms with Gasteiger partial charge in [0.05, 0.1) is 0 Å². The molecule has 0 rings (SSSR count). The van der Waals surface area contributed by atoms with Crippen LogP contribution in [0.3, 0.4) is 0 Å². The Bertz CT molecular complexity index is 859. The van der Waals surface area contributed by atoms with Gasteiger partial charge in [0.15, 0.2) is 0 Å². The van der Waals surface area contributed by atoms with Gasteiger partial charge in [0.25, 0.3) is 0 Å². The number of halogens is 19. The zero-order valence-electron chi connectivity index (χ0n) is 20.9. The van der Waals surface area contributed by atoms with E-state index in [4.69, 9.17) is 0 Å². The van der Waals surface area contributed by atoms with E-state index in [2.05, 4.69) is 5.87 Å². The molecule has 0 saturated carbocycles. The van der Waals surface area contributed by atoms with E-state index in [1.807, 2.05) is 6.26 Å². The van der Waals surface area contributed by atoms with Gasteiger partial charge in [-0.1, -0.05) is 44.4 Å². The maximum absolute atomic E-state index is 13.9. The van der Waals surface area contributed by atoms with Gasteiger partial charge in [-0.05, 0) is 24.9 Å². The Labute approximate surface area is 223 Å². The first kappa shape index (κ1) is 39.9. The molecule has 0 spiro atoms. The Hall–Kier alpha value is -1.11. The molecule has 0 nitrogen and oxygen atoms in total. The van der Waals surface area contributed by atoms with Crippen LogP contribution in [0.4, 0.5) is 83.4 Å². The zero-order chi connectivity index (χ0) is 33.1. The van der Waals surface area contributed by atoms with Gasteiger partial charge in [-0.25, -0.2) is 0 Å². The van der Waals surface area contributed by atoms with E-state index in [1.165, 1.54) is 0 Å². The van der Waals surface area contributed by atoms with Crippen molar-refractivity contribution in [2.24, 2.45) is 0 Å². The summed E-state index contributed by atoms with van der Waals surface area (Å²) in [7, 11) is -0.0416. The summed E-state index contributed by atoms with van der Waals surface area (Å²) in [4.78, 5) is 0. The van der Waals surface area contributed by atoms with Gasteiger partial charge in [0.1, 0.15) is 0 Å². The standard InChI is InChI=1S/C21H25F19S/c1-41(2)12-10-8-6-4-3-5-7-9-11-13(22,23)14(24,25)15(26,27)16(28,29)17(30,31)18(32,33)19(34,35)20(36,37)21(38,39)40/h1,3-12H2,2H3. The topological polar surface area (TPSA) is 0 Å². The molecule has 0 fully saturated rings. The summed E-state index contributed by atoms with van der Waals surface area (Å²) in [6.45, 7) is 0. The van der Waals surface area contributed by atoms with Gasteiger partial charge in [0, 0.05) is 6.42 Å². The molecule has 0 bridgehead atoms. The van der Waals surface area contributed by atoms with E-state index in [0.717, 1.165) is 18.6 Å². The Morgan fingerprint density at radius 1 is 0.390 bits per heavy atom. The summed E-state index contributed by atoms with van der Waals surface area (Å²) in [5.41, 5.74) is 0. The first-order valence-corrected chi connectivity index (χ1v) is 13.4. The quantitative estimate of drug-likeness (QED) is 0.0774. The number of rotatable bonds is 18. The van der Waals surface area contributed by atoms with Gasteiger partial charge >= 0.3 is 53.6 Å². The van der Waals surface area contributed by atoms with Crippen LogP contribution in [0.15, 0.2) is 0 Å². The zero-order valence-corrected chi connectivity index (χ0v) is 21.7. The normalized spacial score (nSPS) is 16.3. The molecule has 0 aromatic heterocycles. The third-order valence-electron chi connectivity index (χ3n) is 5.91. The van der Waals surface area contributed by atoms with Crippen LogP contribution in [0.1, 0.15) is 57.8 Å². The average Bonchev–Trinajstić information content (AvgIpc) is 2.78. The lowest BCUT2D eigenvalue weighted by molar-refractivity contribution is -0.468. The number of unbranched alkanes of at least 4 members (excludes halogenated alkanes) is 7. The highest BCUT2D eigenvalue weighted by atomic mass is 32.2. The van der Waals surface area contributed by atoms with Crippen LogP contribution in [-0.4, -0.2) is 71.4 Å². The molecule has 20 heteroatoms. The van der Waals surface area contributed by atoms with Crippen LogP contribution in [0.2, 0.25) is 0 Å². The summed E-state index contributed by atoms with van der Waals surface area (Å²) in [5.74, 6) is -61.3. The average molecular weight is 670 g/mol. The van der Waals surface area contributed by atoms with Gasteiger partial charge in [0.2, 0.25) is 0 Å². The lowest BCUT2D eigenvalue weighted by Gasteiger charge is -2.43. The molecule has 0 amide bonds. The molecule has 0 aliphatic carbocycles. The van der Waals surface area contributed by atoms with Crippen molar-refractivity contribution in [3.8, 4) is 0 Å². The lowest BCUT2D eigenvalue weighted by Crippen LogP contribution is -2.75. The Morgan fingerprint density at radius 2 is 0.659 bits per heavy atom. The molecule has 1 atom stereocenters. The first-order valence-electron chi connectivity index (χ1n) is 11.4. The Kier molecular flexibility index (Phi) is 12.5. The second-order valence-electron chi connectivity index (χ2n) is 9.29. The van der Waals surface area contributed by atoms with E-state index in [0.29, 0.717) is 19.3 Å². The van der Waals surface area contributed by atoms with Crippen molar-refractivity contribution in [2.75, 3.05) is 12.0 Å². The molecule has 0 saturated heterocycles. The summed E-state index contributed by atoms with van der Waals surface area (Å²) in [6.07, 6.45) is -6.84. The molecular formula is C21H25F19S. The van der Waals surface area contributed by atoms with Crippen molar-refractivity contribution in [1.82, 2.24) is 0 Å². The molecule has 0 radical (unpaired) electrons. The molecule has 0 aliphatic rings. The smallest absolute Gasteiger partial charge is 0.200 e. The molecule has 0 aromatic rings. The molecule has 41 heavy (non-hydrogen) atoms. The molecule has 0 N–H and O–H groups in total. The number of hydrogen-bond acceptors (Lipinski definition) is 0. The van der Waals surface area contributed by atoms with Crippen molar-refractivity contribution >= 4 is 16.4 Å². The van der Waals surface area contributed by atoms with Crippen molar-refractivity contribution in [3.63, 3.8) is 0 Å². The highest BCUT2D eigenvalue weighted by Crippen LogP contribution is 2.65. The van der Waals surface area contributed by atoms with Crippen molar-refractivity contribution in [2.45, 2.75) is 111 Å². The summed E-state index contributed by atoms with van der Waals surface area (Å²) < 4.78 is 253. The molecular weight excluding hydrogens is 645 g/mol. The maximum Gasteiger partial charge on any atom is 0.460 e. The second kappa shape index (κ2) is 12.9. The van der Waals surface area contributed by atoms with Crippen LogP contribution in [-0.2, 0) is 0 Å². The minimum atomic E-state index is -8.87. The minimum absolute atomic E-state index is 0.0223. The van der Waals surface area contributed by atoms with Gasteiger partial charge in [-0.3, -0.25) is 0 Å². The van der Waals surface area contributed by atoms with E-state index in [9.17, 15) is 83.4 Å². The molecule has 0 heterocycles. The van der Waals surface area contributed by atoms with Crippen molar-refractivity contribution in [3.05, 3.63) is 0 Å². The monoisotopic (exact) mass is 670 g/mol. The number of hydrogen-bond donors (Lipinski definition) is 0. The van der Waals surface area contributed by atoms with Crippen LogP contribution < -0.4 is 0 Å². The largest absolute Gasteiger partial charge is 0.460 e. The summed E-state index contributed by atoms with van der Waals surface area (Å²) in [6, 6.07) is 0. The second-order valence-corrected chi connectivity index (χ2v) is 11.3. The van der Waals surface area contributed by atoms with Gasteiger partial charge < -0.3 is 0 Å². The highest BCUT2D eigenvalue weighted by Gasteiger charge is 2.96. The maximum atomic E-state index is 13.9. The van der Waals surface area contributed by atoms with E-state index in [-0.39, 0.29) is 16.9 Å². The van der Waals surface area contributed by atoms with Crippen LogP contribution >= 0.6 is 10.5 Å². The molecule has 248 valence electrons. The van der Waals surface area contributed by atoms with Crippen LogP contribution in [0.25, 0.3) is 0 Å². The summed E-state index contributed by atoms with van der Waals surface area (Å²) >= 11 is 0. The van der Waals surface area contributed by atoms with Crippen LogP contribution in [0, 0.1) is 0 Å². The highest BCUT2D eigenvalue weighted by molar-refractivity contribution is 8.13. The lowest BCUT2D eigenvalue weighted by atomic mass is 9.86. The molecule has 0 aromatic carbocycles. The third-order valence-corrected chi connectivity index (χ3v) is 6.90. The predicted molar refractivity (Wildman–Crippen MR) is 113 cm³/mol. The first-order chi connectivity index (χ1) is 17.9. The fourth-order valence-electron chi connectivity index (χ4n) is 3.31. The Balaban J connectivity index is 5.76. The number of alkyl halides is 19. The fraction of sp³-hybridized carbons (Fsp3) is 0.952. The van der Waals surface area contributed by atoms with Crippen LogP contribution in [0.5, 0.6) is 0 Å². The predicted octanol–water partition coefficient (Wildman–Crippen LogP) is 10.5. The van der Waals surface area contributed by atoms with E-state index >= 15 is 0 Å².